The highest BCUT2D eigenvalue weighted by Crippen LogP contribution is 2.26. The predicted molar refractivity (Wildman–Crippen MR) is 177 cm³/mol. The van der Waals surface area contributed by atoms with Gasteiger partial charge in [0, 0.05) is 47.5 Å². The SMILES string of the molecule is CN1C/C=C/CCOc2cccc(c2)-c2ccnc(n2)Nc2cc(cc(NC(=O)c3ccc(NC(=O)OC(C)(C)C)cc3)c2)C1. The molecule has 5 rings (SSSR count). The van der Waals surface area contributed by atoms with E-state index in [0.717, 1.165) is 41.2 Å². The minimum absolute atomic E-state index is 0.284. The van der Waals surface area contributed by atoms with Crippen molar-refractivity contribution in [3.8, 4) is 17.0 Å². The number of rotatable bonds is 3. The minimum atomic E-state index is -0.610. The average Bonchev–Trinajstić information content (AvgIpc) is 2.98. The maximum absolute atomic E-state index is 13.2. The second kappa shape index (κ2) is 14.0. The van der Waals surface area contributed by atoms with E-state index in [0.29, 0.717) is 36.0 Å². The van der Waals surface area contributed by atoms with E-state index < -0.39 is 11.7 Å². The number of carbonyl (C=O) groups is 2. The van der Waals surface area contributed by atoms with E-state index in [1.54, 1.807) is 51.2 Å². The Morgan fingerprint density at radius 2 is 1.78 bits per heavy atom. The first-order chi connectivity index (χ1) is 21.6. The van der Waals surface area contributed by atoms with Crippen molar-refractivity contribution < 1.29 is 19.1 Å². The molecule has 2 amide bonds. The van der Waals surface area contributed by atoms with Crippen molar-refractivity contribution in [1.29, 1.82) is 0 Å². The van der Waals surface area contributed by atoms with Crippen LogP contribution in [0.3, 0.4) is 0 Å². The van der Waals surface area contributed by atoms with E-state index >= 15 is 0 Å². The number of nitrogens with one attached hydrogen (secondary N) is 3. The molecular weight excluding hydrogens is 568 g/mol. The molecule has 1 aliphatic rings. The van der Waals surface area contributed by atoms with Gasteiger partial charge in [0.05, 0.1) is 12.3 Å². The number of likely N-dealkylation sites (N-methyl/N-ethyl adjacent to an activating group) is 1. The largest absolute Gasteiger partial charge is 0.493 e. The van der Waals surface area contributed by atoms with Gasteiger partial charge in [-0.1, -0.05) is 24.3 Å². The second-order valence-electron chi connectivity index (χ2n) is 11.8. The fourth-order valence-corrected chi connectivity index (χ4v) is 4.70. The summed E-state index contributed by atoms with van der Waals surface area (Å²) in [5.41, 5.74) is 4.39. The molecule has 232 valence electrons. The lowest BCUT2D eigenvalue weighted by Gasteiger charge is -2.19. The zero-order valence-corrected chi connectivity index (χ0v) is 26.0. The van der Waals surface area contributed by atoms with Crippen LogP contribution in [0.1, 0.15) is 43.1 Å². The zero-order chi connectivity index (χ0) is 31.8. The molecule has 0 spiro atoms. The lowest BCUT2D eigenvalue weighted by Crippen LogP contribution is -2.27. The number of aromatic nitrogens is 2. The van der Waals surface area contributed by atoms with Crippen LogP contribution in [-0.4, -0.2) is 52.7 Å². The summed E-state index contributed by atoms with van der Waals surface area (Å²) in [7, 11) is 2.04. The van der Waals surface area contributed by atoms with Crippen LogP contribution in [0.15, 0.2) is 91.1 Å². The molecule has 0 unspecified atom stereocenters. The standard InChI is InChI=1S/C35H38N6O4/c1-35(2,3)45-34(43)39-27-13-11-25(12-14-27)32(42)37-28-19-24-20-29(22-28)38-33-36-16-15-31(40-33)26-9-8-10-30(21-26)44-18-7-5-6-17-41(4)23-24/h5-6,8-16,19-22H,7,17-18,23H2,1-4H3,(H,37,42)(H,39,43)(H,36,38,40)/b6-5+. The minimum Gasteiger partial charge on any atom is -0.493 e. The summed E-state index contributed by atoms with van der Waals surface area (Å²) in [5, 5.41) is 9.01. The molecule has 0 fully saturated rings. The lowest BCUT2D eigenvalue weighted by atomic mass is 10.1. The molecule has 0 saturated heterocycles. The van der Waals surface area contributed by atoms with E-state index in [-0.39, 0.29) is 5.91 Å². The quantitative estimate of drug-likeness (QED) is 0.209. The molecule has 6 bridgehead atoms. The van der Waals surface area contributed by atoms with Crippen molar-refractivity contribution in [2.75, 3.05) is 36.1 Å². The van der Waals surface area contributed by atoms with Crippen LogP contribution in [0, 0.1) is 0 Å². The number of hydrogen-bond acceptors (Lipinski definition) is 8. The van der Waals surface area contributed by atoms with E-state index in [1.807, 2.05) is 55.6 Å². The van der Waals surface area contributed by atoms with Crippen LogP contribution in [-0.2, 0) is 11.3 Å². The van der Waals surface area contributed by atoms with Crippen LogP contribution in [0.4, 0.5) is 27.8 Å². The normalized spacial score (nSPS) is 14.5. The Morgan fingerprint density at radius 1 is 0.956 bits per heavy atom. The molecule has 4 aromatic rings. The van der Waals surface area contributed by atoms with Crippen LogP contribution in [0.2, 0.25) is 0 Å². The molecule has 3 aromatic carbocycles. The number of fused-ring (bicyclic) bond motifs is 7. The first-order valence-electron chi connectivity index (χ1n) is 14.8. The number of hydrogen-bond donors (Lipinski definition) is 3. The average molecular weight is 607 g/mol. The zero-order valence-electron chi connectivity index (χ0n) is 26.0. The molecule has 0 atom stereocenters. The van der Waals surface area contributed by atoms with Gasteiger partial charge in [-0.15, -0.1) is 0 Å². The van der Waals surface area contributed by atoms with Gasteiger partial charge in [-0.25, -0.2) is 14.8 Å². The highest BCUT2D eigenvalue weighted by Gasteiger charge is 2.17. The third-order valence-electron chi connectivity index (χ3n) is 6.67. The number of benzene rings is 3. The van der Waals surface area contributed by atoms with E-state index in [9.17, 15) is 9.59 Å². The van der Waals surface area contributed by atoms with Gasteiger partial charge < -0.3 is 20.1 Å². The molecule has 2 heterocycles. The van der Waals surface area contributed by atoms with Gasteiger partial charge in [-0.05, 0) is 100 Å². The summed E-state index contributed by atoms with van der Waals surface area (Å²) in [5.74, 6) is 0.932. The van der Waals surface area contributed by atoms with Crippen LogP contribution in [0.5, 0.6) is 5.75 Å². The highest BCUT2D eigenvalue weighted by molar-refractivity contribution is 6.05. The second-order valence-corrected chi connectivity index (χ2v) is 11.8. The molecule has 0 aliphatic carbocycles. The maximum atomic E-state index is 13.2. The Bertz CT molecular complexity index is 1680. The molecule has 0 radical (unpaired) electrons. The maximum Gasteiger partial charge on any atom is 0.412 e. The van der Waals surface area contributed by atoms with Gasteiger partial charge in [0.25, 0.3) is 5.91 Å². The predicted octanol–water partition coefficient (Wildman–Crippen LogP) is 7.26. The molecule has 10 heteroatoms. The smallest absolute Gasteiger partial charge is 0.412 e. The molecule has 45 heavy (non-hydrogen) atoms. The van der Waals surface area contributed by atoms with Gasteiger partial charge in [-0.2, -0.15) is 0 Å². The van der Waals surface area contributed by atoms with Crippen molar-refractivity contribution in [1.82, 2.24) is 14.9 Å². The van der Waals surface area contributed by atoms with E-state index in [1.165, 1.54) is 0 Å². The van der Waals surface area contributed by atoms with Gasteiger partial charge in [0.2, 0.25) is 5.95 Å². The van der Waals surface area contributed by atoms with Crippen molar-refractivity contribution in [3.05, 3.63) is 102 Å². The number of ether oxygens (including phenoxy) is 2. The molecule has 3 N–H and O–H groups in total. The fourth-order valence-electron chi connectivity index (χ4n) is 4.70. The van der Waals surface area contributed by atoms with Crippen LogP contribution < -0.4 is 20.7 Å². The summed E-state index contributed by atoms with van der Waals surface area (Å²) in [6, 6.07) is 22.2. The van der Waals surface area contributed by atoms with Crippen molar-refractivity contribution in [3.63, 3.8) is 0 Å². The highest BCUT2D eigenvalue weighted by atomic mass is 16.6. The van der Waals surface area contributed by atoms with Crippen molar-refractivity contribution >= 4 is 35.0 Å². The van der Waals surface area contributed by atoms with Crippen LogP contribution in [0.25, 0.3) is 11.3 Å². The molecule has 1 aromatic heterocycles. The van der Waals surface area contributed by atoms with E-state index in [2.05, 4.69) is 38.0 Å². The Labute approximate surface area is 263 Å². The van der Waals surface area contributed by atoms with Gasteiger partial charge >= 0.3 is 6.09 Å². The van der Waals surface area contributed by atoms with Crippen LogP contribution >= 0.6 is 0 Å². The summed E-state index contributed by atoms with van der Waals surface area (Å²) in [4.78, 5) is 36.7. The first-order valence-corrected chi connectivity index (χ1v) is 14.8. The Morgan fingerprint density at radius 3 is 2.58 bits per heavy atom. The lowest BCUT2D eigenvalue weighted by molar-refractivity contribution is 0.0635. The number of amides is 2. The third-order valence-corrected chi connectivity index (χ3v) is 6.67. The van der Waals surface area contributed by atoms with Crippen molar-refractivity contribution in [2.24, 2.45) is 0 Å². The molecule has 10 nitrogen and oxygen atoms in total. The summed E-state index contributed by atoms with van der Waals surface area (Å²) in [6.07, 6.45) is 6.20. The number of nitrogens with zero attached hydrogens (tertiary/aromatic N) is 3. The van der Waals surface area contributed by atoms with E-state index in [4.69, 9.17) is 14.5 Å². The summed E-state index contributed by atoms with van der Waals surface area (Å²) >= 11 is 0. The van der Waals surface area contributed by atoms with Gasteiger partial charge in [0.15, 0.2) is 0 Å². The number of carbonyl (C=O) groups excluding carboxylic acids is 2. The molecule has 1 aliphatic heterocycles. The molecular formula is C35H38N6O4. The Balaban J connectivity index is 1.38. The summed E-state index contributed by atoms with van der Waals surface area (Å²) in [6.45, 7) is 7.37. The first kappa shape index (κ1) is 31.2. The Kier molecular flexibility index (Phi) is 9.74. The van der Waals surface area contributed by atoms with Crippen molar-refractivity contribution in [2.45, 2.75) is 39.3 Å². The third kappa shape index (κ3) is 9.38. The topological polar surface area (TPSA) is 118 Å². The number of anilines is 4. The Hall–Kier alpha value is -5.22. The molecule has 0 saturated carbocycles. The monoisotopic (exact) mass is 606 g/mol. The van der Waals surface area contributed by atoms with Gasteiger partial charge in [-0.3, -0.25) is 15.0 Å². The fraction of sp³-hybridized carbons (Fsp3) is 0.257. The van der Waals surface area contributed by atoms with Gasteiger partial charge in [0.1, 0.15) is 11.4 Å². The summed E-state index contributed by atoms with van der Waals surface area (Å²) < 4.78 is 11.3.